The molecule has 2 aromatic rings. The lowest BCUT2D eigenvalue weighted by Gasteiger charge is -2.29. The van der Waals surface area contributed by atoms with E-state index in [-0.39, 0.29) is 0 Å². The molecule has 0 spiro atoms. The second kappa shape index (κ2) is 6.66. The zero-order chi connectivity index (χ0) is 16.4. The molecule has 1 aliphatic rings. The summed E-state index contributed by atoms with van der Waals surface area (Å²) in [5.41, 5.74) is 3.77. The van der Waals surface area contributed by atoms with Crippen molar-refractivity contribution in [3.05, 3.63) is 59.2 Å². The summed E-state index contributed by atoms with van der Waals surface area (Å²) >= 11 is 0. The standard InChI is InChI=1S/C21H26O2/c1-14(2)20-13-18(9-12-21(20)23)17-5-3-15(4-6-17)16-7-10-19(22)11-8-16/h7-15,17,22-23H,3-6H2,1-2H3. The predicted molar refractivity (Wildman–Crippen MR) is 94.3 cm³/mol. The Balaban J connectivity index is 1.69. The smallest absolute Gasteiger partial charge is 0.119 e. The fraction of sp³-hybridized carbons (Fsp3) is 0.429. The van der Waals surface area contributed by atoms with Crippen LogP contribution in [-0.4, -0.2) is 10.2 Å². The topological polar surface area (TPSA) is 40.5 Å². The van der Waals surface area contributed by atoms with Crippen LogP contribution in [0.1, 0.15) is 74.0 Å². The van der Waals surface area contributed by atoms with Crippen LogP contribution in [0.15, 0.2) is 42.5 Å². The van der Waals surface area contributed by atoms with Crippen LogP contribution in [0.5, 0.6) is 11.5 Å². The van der Waals surface area contributed by atoms with Gasteiger partial charge in [-0.3, -0.25) is 0 Å². The average molecular weight is 310 g/mol. The Hall–Kier alpha value is -1.96. The lowest BCUT2D eigenvalue weighted by molar-refractivity contribution is 0.395. The van der Waals surface area contributed by atoms with Crippen molar-refractivity contribution in [2.75, 3.05) is 0 Å². The second-order valence-electron chi connectivity index (χ2n) is 7.11. The third-order valence-corrected chi connectivity index (χ3v) is 5.24. The first-order valence-electron chi connectivity index (χ1n) is 8.66. The first kappa shape index (κ1) is 15.9. The highest BCUT2D eigenvalue weighted by molar-refractivity contribution is 5.39. The first-order chi connectivity index (χ1) is 11.0. The van der Waals surface area contributed by atoms with Crippen molar-refractivity contribution in [2.45, 2.75) is 57.3 Å². The molecule has 1 saturated carbocycles. The van der Waals surface area contributed by atoms with Gasteiger partial charge in [0.1, 0.15) is 11.5 Å². The summed E-state index contributed by atoms with van der Waals surface area (Å²) in [6.07, 6.45) is 4.75. The molecule has 23 heavy (non-hydrogen) atoms. The Bertz CT molecular complexity index is 650. The van der Waals surface area contributed by atoms with E-state index in [1.54, 1.807) is 12.1 Å². The Morgan fingerprint density at radius 1 is 0.783 bits per heavy atom. The van der Waals surface area contributed by atoms with Crippen molar-refractivity contribution in [3.8, 4) is 11.5 Å². The van der Waals surface area contributed by atoms with E-state index in [2.05, 4.69) is 38.1 Å². The van der Waals surface area contributed by atoms with E-state index in [1.165, 1.54) is 36.8 Å². The molecular formula is C21H26O2. The second-order valence-corrected chi connectivity index (χ2v) is 7.11. The molecule has 2 aromatic carbocycles. The molecule has 0 aromatic heterocycles. The number of benzene rings is 2. The highest BCUT2D eigenvalue weighted by atomic mass is 16.3. The van der Waals surface area contributed by atoms with E-state index in [0.29, 0.717) is 29.3 Å². The molecule has 2 N–H and O–H groups in total. The van der Waals surface area contributed by atoms with Crippen LogP contribution in [0.25, 0.3) is 0 Å². The van der Waals surface area contributed by atoms with E-state index in [9.17, 15) is 10.2 Å². The van der Waals surface area contributed by atoms with Crippen molar-refractivity contribution in [1.82, 2.24) is 0 Å². The van der Waals surface area contributed by atoms with Crippen molar-refractivity contribution < 1.29 is 10.2 Å². The number of phenols is 2. The minimum Gasteiger partial charge on any atom is -0.508 e. The number of hydrogen-bond acceptors (Lipinski definition) is 2. The maximum atomic E-state index is 10.00. The summed E-state index contributed by atoms with van der Waals surface area (Å²) < 4.78 is 0. The maximum absolute atomic E-state index is 10.00. The van der Waals surface area contributed by atoms with Gasteiger partial charge in [0.25, 0.3) is 0 Å². The highest BCUT2D eigenvalue weighted by Gasteiger charge is 2.24. The lowest BCUT2D eigenvalue weighted by Crippen LogP contribution is -2.12. The summed E-state index contributed by atoms with van der Waals surface area (Å²) in [6, 6.07) is 13.8. The molecule has 0 bridgehead atoms. The van der Waals surface area contributed by atoms with Gasteiger partial charge in [0.2, 0.25) is 0 Å². The number of hydrogen-bond donors (Lipinski definition) is 2. The first-order valence-corrected chi connectivity index (χ1v) is 8.66. The van der Waals surface area contributed by atoms with Crippen LogP contribution in [-0.2, 0) is 0 Å². The zero-order valence-electron chi connectivity index (χ0n) is 14.0. The van der Waals surface area contributed by atoms with Gasteiger partial charge in [-0.05, 0) is 78.3 Å². The van der Waals surface area contributed by atoms with Crippen LogP contribution < -0.4 is 0 Å². The van der Waals surface area contributed by atoms with Gasteiger partial charge in [0.15, 0.2) is 0 Å². The fourth-order valence-electron chi connectivity index (χ4n) is 3.80. The summed E-state index contributed by atoms with van der Waals surface area (Å²) in [5, 5.41) is 19.4. The normalized spacial score (nSPS) is 21.5. The third-order valence-electron chi connectivity index (χ3n) is 5.24. The molecule has 0 atom stereocenters. The molecule has 0 amide bonds. The lowest BCUT2D eigenvalue weighted by atomic mass is 9.76. The van der Waals surface area contributed by atoms with Crippen molar-refractivity contribution in [1.29, 1.82) is 0 Å². The molecule has 0 radical (unpaired) electrons. The Labute approximate surface area is 138 Å². The number of phenolic OH excluding ortho intramolecular Hbond substituents is 2. The van der Waals surface area contributed by atoms with Gasteiger partial charge in [0.05, 0.1) is 0 Å². The maximum Gasteiger partial charge on any atom is 0.119 e. The molecular weight excluding hydrogens is 284 g/mol. The van der Waals surface area contributed by atoms with Gasteiger partial charge >= 0.3 is 0 Å². The van der Waals surface area contributed by atoms with Crippen molar-refractivity contribution in [2.24, 2.45) is 0 Å². The van der Waals surface area contributed by atoms with Gasteiger partial charge in [-0.25, -0.2) is 0 Å². The van der Waals surface area contributed by atoms with E-state index in [4.69, 9.17) is 0 Å². The van der Waals surface area contributed by atoms with Gasteiger partial charge in [-0.2, -0.15) is 0 Å². The molecule has 1 aliphatic carbocycles. The van der Waals surface area contributed by atoms with E-state index < -0.39 is 0 Å². The molecule has 2 nitrogen and oxygen atoms in total. The van der Waals surface area contributed by atoms with Crippen molar-refractivity contribution >= 4 is 0 Å². The van der Waals surface area contributed by atoms with Crippen LogP contribution in [0.4, 0.5) is 0 Å². The monoisotopic (exact) mass is 310 g/mol. The van der Waals surface area contributed by atoms with Gasteiger partial charge in [0, 0.05) is 0 Å². The van der Waals surface area contributed by atoms with E-state index >= 15 is 0 Å². The summed E-state index contributed by atoms with van der Waals surface area (Å²) in [6.45, 7) is 4.25. The zero-order valence-corrected chi connectivity index (χ0v) is 14.0. The Kier molecular flexibility index (Phi) is 4.61. The van der Waals surface area contributed by atoms with Gasteiger partial charge < -0.3 is 10.2 Å². The quantitative estimate of drug-likeness (QED) is 0.767. The molecule has 0 heterocycles. The molecule has 3 rings (SSSR count). The van der Waals surface area contributed by atoms with E-state index in [1.807, 2.05) is 6.07 Å². The van der Waals surface area contributed by atoms with Crippen molar-refractivity contribution in [3.63, 3.8) is 0 Å². The Morgan fingerprint density at radius 2 is 1.30 bits per heavy atom. The molecule has 0 saturated heterocycles. The molecule has 122 valence electrons. The van der Waals surface area contributed by atoms with Gasteiger partial charge in [-0.15, -0.1) is 0 Å². The number of aromatic hydroxyl groups is 2. The van der Waals surface area contributed by atoms with Crippen LogP contribution >= 0.6 is 0 Å². The summed E-state index contributed by atoms with van der Waals surface area (Å²) in [7, 11) is 0. The largest absolute Gasteiger partial charge is 0.508 e. The number of rotatable bonds is 3. The molecule has 1 fully saturated rings. The predicted octanol–water partition coefficient (Wildman–Crippen LogP) is 5.66. The van der Waals surface area contributed by atoms with Crippen LogP contribution in [0.2, 0.25) is 0 Å². The Morgan fingerprint density at radius 3 is 1.87 bits per heavy atom. The minimum atomic E-state index is 0.341. The average Bonchev–Trinajstić information content (AvgIpc) is 2.56. The fourth-order valence-corrected chi connectivity index (χ4v) is 3.80. The third kappa shape index (κ3) is 3.52. The molecule has 2 heteroatoms. The molecule has 0 aliphatic heterocycles. The van der Waals surface area contributed by atoms with E-state index in [0.717, 1.165) is 5.56 Å². The summed E-state index contributed by atoms with van der Waals surface area (Å²) in [5.74, 6) is 2.31. The van der Waals surface area contributed by atoms with Crippen LogP contribution in [0, 0.1) is 0 Å². The molecule has 0 unspecified atom stereocenters. The minimum absolute atomic E-state index is 0.341. The van der Waals surface area contributed by atoms with Crippen LogP contribution in [0.3, 0.4) is 0 Å². The van der Waals surface area contributed by atoms with Gasteiger partial charge in [-0.1, -0.05) is 38.1 Å². The summed E-state index contributed by atoms with van der Waals surface area (Å²) in [4.78, 5) is 0. The SMILES string of the molecule is CC(C)c1cc(C2CCC(c3ccc(O)cc3)CC2)ccc1O. The highest BCUT2D eigenvalue weighted by Crippen LogP contribution is 2.42.